The molecule has 0 spiro atoms. The molecule has 2 heterocycles. The summed E-state index contributed by atoms with van der Waals surface area (Å²) in [5.74, 6) is 1.44. The molecule has 1 amide bonds. The van der Waals surface area contributed by atoms with Crippen LogP contribution in [0.2, 0.25) is 0 Å². The minimum absolute atomic E-state index is 0.506. The molecule has 23 heavy (non-hydrogen) atoms. The molecule has 1 aromatic heterocycles. The molecule has 0 atom stereocenters. The number of hydrogen-bond donors (Lipinski definition) is 1. The number of ether oxygens (including phenoxy) is 2. The third-order valence-corrected chi connectivity index (χ3v) is 3.50. The number of pyridine rings is 1. The Morgan fingerprint density at radius 1 is 1.26 bits per heavy atom. The summed E-state index contributed by atoms with van der Waals surface area (Å²) in [6.07, 6.45) is 1.12. The number of aromatic nitrogens is 1. The first-order chi connectivity index (χ1) is 10.8. The van der Waals surface area contributed by atoms with Gasteiger partial charge in [0.25, 0.3) is 0 Å². The zero-order chi connectivity index (χ0) is 17.0. The highest BCUT2D eigenvalue weighted by molar-refractivity contribution is 5.85. The van der Waals surface area contributed by atoms with Gasteiger partial charge < -0.3 is 19.3 Å². The number of piperazine rings is 1. The van der Waals surface area contributed by atoms with Crippen molar-refractivity contribution in [1.29, 1.82) is 0 Å². The fourth-order valence-electron chi connectivity index (χ4n) is 2.33. The highest BCUT2D eigenvalue weighted by Crippen LogP contribution is 2.29. The lowest BCUT2D eigenvalue weighted by atomic mass is 10.2. The fraction of sp³-hybridized carbons (Fsp3) is 0.625. The molecule has 0 aliphatic carbocycles. The van der Waals surface area contributed by atoms with Gasteiger partial charge in [-0.25, -0.2) is 9.78 Å². The molecule has 2 rings (SSSR count). The van der Waals surface area contributed by atoms with Crippen LogP contribution in [0, 0.1) is 0 Å². The first kappa shape index (κ1) is 17.3. The molecule has 7 heteroatoms. The Hall–Kier alpha value is -2.02. The van der Waals surface area contributed by atoms with Crippen molar-refractivity contribution in [2.75, 3.05) is 50.6 Å². The third-order valence-electron chi connectivity index (χ3n) is 3.50. The van der Waals surface area contributed by atoms with E-state index in [1.54, 1.807) is 19.4 Å². The summed E-state index contributed by atoms with van der Waals surface area (Å²) in [6.45, 7) is 9.24. The summed E-state index contributed by atoms with van der Waals surface area (Å²) < 4.78 is 10.7. The number of hydrogen-bond acceptors (Lipinski definition) is 6. The van der Waals surface area contributed by atoms with Crippen molar-refractivity contribution in [2.45, 2.75) is 26.4 Å². The molecular weight excluding hydrogens is 296 g/mol. The molecule has 0 aromatic carbocycles. The SMILES string of the molecule is COc1cc(NC(=O)OC(C)(C)C)cnc1N1CCN(C)CC1. The number of nitrogens with zero attached hydrogens (tertiary/aromatic N) is 3. The zero-order valence-electron chi connectivity index (χ0n) is 14.5. The molecule has 0 bridgehead atoms. The Morgan fingerprint density at radius 3 is 2.48 bits per heavy atom. The van der Waals surface area contributed by atoms with Gasteiger partial charge in [-0.3, -0.25) is 5.32 Å². The Morgan fingerprint density at radius 2 is 1.91 bits per heavy atom. The number of carbonyl (C=O) groups excluding carboxylic acids is 1. The van der Waals surface area contributed by atoms with Crippen molar-refractivity contribution in [3.8, 4) is 5.75 Å². The van der Waals surface area contributed by atoms with Crippen LogP contribution >= 0.6 is 0 Å². The molecule has 0 unspecified atom stereocenters. The maximum Gasteiger partial charge on any atom is 0.412 e. The van der Waals surface area contributed by atoms with Gasteiger partial charge in [0.15, 0.2) is 11.6 Å². The molecule has 1 N–H and O–H groups in total. The summed E-state index contributed by atoms with van der Waals surface area (Å²) in [5.41, 5.74) is 0.00967. The van der Waals surface area contributed by atoms with E-state index in [2.05, 4.69) is 27.1 Å². The maximum atomic E-state index is 11.8. The van der Waals surface area contributed by atoms with Crippen LogP contribution < -0.4 is 15.0 Å². The summed E-state index contributed by atoms with van der Waals surface area (Å²) in [7, 11) is 3.71. The number of anilines is 2. The lowest BCUT2D eigenvalue weighted by molar-refractivity contribution is 0.0636. The van der Waals surface area contributed by atoms with Gasteiger partial charge in [0, 0.05) is 32.2 Å². The largest absolute Gasteiger partial charge is 0.493 e. The van der Waals surface area contributed by atoms with E-state index < -0.39 is 11.7 Å². The van der Waals surface area contributed by atoms with Crippen LogP contribution in [-0.2, 0) is 4.74 Å². The monoisotopic (exact) mass is 322 g/mol. The van der Waals surface area contributed by atoms with E-state index in [9.17, 15) is 4.79 Å². The third kappa shape index (κ3) is 4.99. The Labute approximate surface area is 137 Å². The second-order valence-corrected chi connectivity index (χ2v) is 6.67. The van der Waals surface area contributed by atoms with Crippen LogP contribution in [0.15, 0.2) is 12.3 Å². The van der Waals surface area contributed by atoms with E-state index in [0.717, 1.165) is 32.0 Å². The summed E-state index contributed by atoms with van der Waals surface area (Å²) >= 11 is 0. The van der Waals surface area contributed by atoms with Gasteiger partial charge in [0.05, 0.1) is 19.0 Å². The molecule has 7 nitrogen and oxygen atoms in total. The van der Waals surface area contributed by atoms with Crippen molar-refractivity contribution < 1.29 is 14.3 Å². The van der Waals surface area contributed by atoms with Crippen molar-refractivity contribution in [1.82, 2.24) is 9.88 Å². The Bertz CT molecular complexity index is 549. The van der Waals surface area contributed by atoms with E-state index in [4.69, 9.17) is 9.47 Å². The minimum Gasteiger partial charge on any atom is -0.493 e. The van der Waals surface area contributed by atoms with Crippen molar-refractivity contribution >= 4 is 17.6 Å². The summed E-state index contributed by atoms with van der Waals surface area (Å²) in [6, 6.07) is 1.77. The molecule has 128 valence electrons. The first-order valence-electron chi connectivity index (χ1n) is 7.76. The van der Waals surface area contributed by atoms with E-state index in [0.29, 0.717) is 11.4 Å². The molecule has 1 aliphatic rings. The number of likely N-dealkylation sites (N-methyl/N-ethyl adjacent to an activating group) is 1. The number of rotatable bonds is 3. The lowest BCUT2D eigenvalue weighted by Crippen LogP contribution is -2.44. The zero-order valence-corrected chi connectivity index (χ0v) is 14.5. The van der Waals surface area contributed by atoms with E-state index >= 15 is 0 Å². The van der Waals surface area contributed by atoms with E-state index in [-0.39, 0.29) is 0 Å². The number of methoxy groups -OCH3 is 1. The predicted octanol–water partition coefficient (Wildman–Crippen LogP) is 2.19. The molecule has 1 saturated heterocycles. The van der Waals surface area contributed by atoms with Gasteiger partial charge in [-0.15, -0.1) is 0 Å². The summed E-state index contributed by atoms with van der Waals surface area (Å²) in [4.78, 5) is 20.8. The van der Waals surface area contributed by atoms with Crippen molar-refractivity contribution in [3.63, 3.8) is 0 Å². The fourth-order valence-corrected chi connectivity index (χ4v) is 2.33. The minimum atomic E-state index is -0.540. The van der Waals surface area contributed by atoms with Crippen LogP contribution in [-0.4, -0.2) is 61.9 Å². The van der Waals surface area contributed by atoms with Crippen LogP contribution in [0.3, 0.4) is 0 Å². The molecule has 1 aliphatic heterocycles. The molecule has 0 radical (unpaired) electrons. The second-order valence-electron chi connectivity index (χ2n) is 6.67. The van der Waals surface area contributed by atoms with Gasteiger partial charge in [-0.1, -0.05) is 0 Å². The first-order valence-corrected chi connectivity index (χ1v) is 7.76. The van der Waals surface area contributed by atoms with Gasteiger partial charge in [-0.05, 0) is 27.8 Å². The van der Waals surface area contributed by atoms with Gasteiger partial charge >= 0.3 is 6.09 Å². The van der Waals surface area contributed by atoms with Gasteiger partial charge in [0.1, 0.15) is 5.60 Å². The molecule has 0 saturated carbocycles. The van der Waals surface area contributed by atoms with Crippen molar-refractivity contribution in [2.24, 2.45) is 0 Å². The average Bonchev–Trinajstić information content (AvgIpc) is 2.46. The number of carbonyl (C=O) groups is 1. The van der Waals surface area contributed by atoms with Crippen LogP contribution in [0.4, 0.5) is 16.3 Å². The standard InChI is InChI=1S/C16H26N4O3/c1-16(2,3)23-15(21)18-12-10-13(22-5)14(17-11-12)20-8-6-19(4)7-9-20/h10-11H,6-9H2,1-5H3,(H,18,21). The maximum absolute atomic E-state index is 11.8. The highest BCUT2D eigenvalue weighted by Gasteiger charge is 2.20. The van der Waals surface area contributed by atoms with Gasteiger partial charge in [-0.2, -0.15) is 0 Å². The molecule has 1 aromatic rings. The lowest BCUT2D eigenvalue weighted by Gasteiger charge is -2.33. The smallest absolute Gasteiger partial charge is 0.412 e. The van der Waals surface area contributed by atoms with E-state index in [1.807, 2.05) is 20.8 Å². The Balaban J connectivity index is 2.08. The average molecular weight is 322 g/mol. The highest BCUT2D eigenvalue weighted by atomic mass is 16.6. The topological polar surface area (TPSA) is 66.9 Å². The van der Waals surface area contributed by atoms with Crippen LogP contribution in [0.1, 0.15) is 20.8 Å². The number of nitrogens with one attached hydrogen (secondary N) is 1. The predicted molar refractivity (Wildman–Crippen MR) is 90.4 cm³/mol. The second kappa shape index (κ2) is 7.04. The quantitative estimate of drug-likeness (QED) is 0.920. The van der Waals surface area contributed by atoms with E-state index in [1.165, 1.54) is 0 Å². The van der Waals surface area contributed by atoms with Crippen molar-refractivity contribution in [3.05, 3.63) is 12.3 Å². The van der Waals surface area contributed by atoms with Crippen LogP contribution in [0.25, 0.3) is 0 Å². The van der Waals surface area contributed by atoms with Crippen LogP contribution in [0.5, 0.6) is 5.75 Å². The number of amides is 1. The molecule has 1 fully saturated rings. The molecular formula is C16H26N4O3. The summed E-state index contributed by atoms with van der Waals surface area (Å²) in [5, 5.41) is 2.68. The Kier molecular flexibility index (Phi) is 5.30. The normalized spacial score (nSPS) is 16.1. The van der Waals surface area contributed by atoms with Gasteiger partial charge in [0.2, 0.25) is 0 Å².